The molecule has 0 bridgehead atoms. The molecule has 7 heteroatoms. The fourth-order valence-corrected chi connectivity index (χ4v) is 5.38. The van der Waals surface area contributed by atoms with Crippen molar-refractivity contribution in [2.45, 2.75) is 11.8 Å². The van der Waals surface area contributed by atoms with Crippen molar-refractivity contribution in [2.75, 3.05) is 7.11 Å². The minimum atomic E-state index is 0.425. The summed E-state index contributed by atoms with van der Waals surface area (Å²) in [5.74, 6) is 1.30. The number of allylic oxidation sites excluding steroid dienone is 1. The van der Waals surface area contributed by atoms with Gasteiger partial charge in [0.15, 0.2) is 16.7 Å². The predicted octanol–water partition coefficient (Wildman–Crippen LogP) is 7.57. The summed E-state index contributed by atoms with van der Waals surface area (Å²) in [4.78, 5) is 8.32. The van der Waals surface area contributed by atoms with Crippen molar-refractivity contribution in [1.29, 1.82) is 5.26 Å². The highest BCUT2D eigenvalue weighted by atomic mass is 127. The Morgan fingerprint density at radius 1 is 1.09 bits per heavy atom. The van der Waals surface area contributed by atoms with Crippen LogP contribution in [-0.4, -0.2) is 17.1 Å². The molecule has 0 amide bonds. The van der Waals surface area contributed by atoms with Gasteiger partial charge in [-0.25, -0.2) is 4.98 Å². The lowest BCUT2D eigenvalue weighted by Crippen LogP contribution is -2.01. The molecule has 0 aliphatic rings. The molecule has 0 radical (unpaired) electrons. The first kappa shape index (κ1) is 23.3. The number of fused-ring (bicyclic) bond motifs is 2. The van der Waals surface area contributed by atoms with Gasteiger partial charge in [-0.15, -0.1) is 0 Å². The molecular weight excluding hydrogens is 569 g/mol. The molecule has 0 saturated carbocycles. The number of imidazole rings is 1. The monoisotopic (exact) mass is 589 g/mol. The van der Waals surface area contributed by atoms with E-state index < -0.39 is 0 Å². The molecule has 1 aromatic heterocycles. The van der Waals surface area contributed by atoms with Crippen molar-refractivity contribution < 1.29 is 9.47 Å². The zero-order chi connectivity index (χ0) is 24.2. The second-order valence-electron chi connectivity index (χ2n) is 7.74. The molecule has 0 atom stereocenters. The summed E-state index contributed by atoms with van der Waals surface area (Å²) in [6, 6.07) is 28.4. The Hall–Kier alpha value is -3.48. The molecule has 5 nitrogen and oxygen atoms in total. The standard InChI is InChI=1S/C28H20IN3O2S/c1-33-26-15-18(13-21(16-30)35-28-31-24-11-4-5-12-25(24)32-28)14-23(29)27(26)34-17-20-9-6-8-19-7-2-3-10-22(19)20/h2-15H,17H2,1H3,(H,31,32)/b21-13+. The number of nitriles is 1. The van der Waals surface area contributed by atoms with Gasteiger partial charge in [-0.05, 0) is 86.6 Å². The summed E-state index contributed by atoms with van der Waals surface area (Å²) in [6.07, 6.45) is 1.83. The molecular formula is C28H20IN3O2S. The van der Waals surface area contributed by atoms with Crippen LogP contribution in [0.4, 0.5) is 0 Å². The minimum absolute atomic E-state index is 0.425. The van der Waals surface area contributed by atoms with Crippen LogP contribution in [0.5, 0.6) is 11.5 Å². The van der Waals surface area contributed by atoms with E-state index in [0.717, 1.165) is 25.7 Å². The highest BCUT2D eigenvalue weighted by molar-refractivity contribution is 14.1. The third-order valence-electron chi connectivity index (χ3n) is 5.49. The number of ether oxygens (including phenoxy) is 2. The lowest BCUT2D eigenvalue weighted by atomic mass is 10.1. The van der Waals surface area contributed by atoms with Gasteiger partial charge in [0, 0.05) is 0 Å². The van der Waals surface area contributed by atoms with Crippen molar-refractivity contribution in [3.05, 3.63) is 98.5 Å². The number of aromatic nitrogens is 2. The summed E-state index contributed by atoms with van der Waals surface area (Å²) < 4.78 is 12.8. The summed E-state index contributed by atoms with van der Waals surface area (Å²) in [5.41, 5.74) is 3.77. The van der Waals surface area contributed by atoms with Gasteiger partial charge in [0.1, 0.15) is 12.7 Å². The molecule has 0 unspecified atom stereocenters. The van der Waals surface area contributed by atoms with E-state index in [1.54, 1.807) is 7.11 Å². The molecule has 1 heterocycles. The van der Waals surface area contributed by atoms with E-state index in [-0.39, 0.29) is 0 Å². The van der Waals surface area contributed by atoms with E-state index in [1.807, 2.05) is 60.7 Å². The smallest absolute Gasteiger partial charge is 0.174 e. The lowest BCUT2D eigenvalue weighted by Gasteiger charge is -2.15. The maximum Gasteiger partial charge on any atom is 0.174 e. The van der Waals surface area contributed by atoms with Crippen molar-refractivity contribution >= 4 is 62.2 Å². The fourth-order valence-electron chi connectivity index (χ4n) is 3.85. The van der Waals surface area contributed by atoms with Crippen molar-refractivity contribution in [2.24, 2.45) is 0 Å². The number of rotatable bonds is 7. The number of H-pyrrole nitrogens is 1. The van der Waals surface area contributed by atoms with Crippen LogP contribution in [0.15, 0.2) is 88.9 Å². The largest absolute Gasteiger partial charge is 0.493 e. The van der Waals surface area contributed by atoms with Gasteiger partial charge >= 0.3 is 0 Å². The Bertz CT molecular complexity index is 1570. The Morgan fingerprint density at radius 2 is 1.89 bits per heavy atom. The average Bonchev–Trinajstić information content (AvgIpc) is 3.29. The van der Waals surface area contributed by atoms with Gasteiger partial charge in [0.2, 0.25) is 0 Å². The highest BCUT2D eigenvalue weighted by Gasteiger charge is 2.14. The number of halogens is 1. The van der Waals surface area contributed by atoms with Crippen LogP contribution < -0.4 is 9.47 Å². The van der Waals surface area contributed by atoms with E-state index in [4.69, 9.17) is 9.47 Å². The summed E-state index contributed by atoms with van der Waals surface area (Å²) in [6.45, 7) is 0.425. The SMILES string of the molecule is COc1cc(/C=C(\C#N)Sc2nc3ccccc3[nH]2)cc(I)c1OCc1cccc2ccccc12. The average molecular weight is 589 g/mol. The molecule has 172 valence electrons. The molecule has 0 aliphatic heterocycles. The number of para-hydroxylation sites is 2. The van der Waals surface area contributed by atoms with Crippen molar-refractivity contribution in [1.82, 2.24) is 9.97 Å². The predicted molar refractivity (Wildman–Crippen MR) is 150 cm³/mol. The van der Waals surface area contributed by atoms with Crippen LogP contribution in [0.2, 0.25) is 0 Å². The number of aromatic amines is 1. The van der Waals surface area contributed by atoms with Crippen LogP contribution in [0.1, 0.15) is 11.1 Å². The molecule has 35 heavy (non-hydrogen) atoms. The molecule has 1 N–H and O–H groups in total. The summed E-state index contributed by atoms with van der Waals surface area (Å²) in [7, 11) is 1.62. The maximum absolute atomic E-state index is 9.73. The van der Waals surface area contributed by atoms with E-state index in [1.165, 1.54) is 22.5 Å². The molecule has 5 rings (SSSR count). The lowest BCUT2D eigenvalue weighted by molar-refractivity contribution is 0.283. The summed E-state index contributed by atoms with van der Waals surface area (Å²) >= 11 is 3.55. The number of hydrogen-bond acceptors (Lipinski definition) is 5. The first-order chi connectivity index (χ1) is 17.1. The highest BCUT2D eigenvalue weighted by Crippen LogP contribution is 2.36. The van der Waals surface area contributed by atoms with Crippen LogP contribution in [0, 0.1) is 14.9 Å². The minimum Gasteiger partial charge on any atom is -0.493 e. The number of benzene rings is 4. The van der Waals surface area contributed by atoms with Crippen LogP contribution in [0.25, 0.3) is 27.9 Å². The first-order valence-corrected chi connectivity index (χ1v) is 12.8. The zero-order valence-electron chi connectivity index (χ0n) is 18.8. The zero-order valence-corrected chi connectivity index (χ0v) is 21.8. The molecule has 0 aliphatic carbocycles. The number of nitrogens with one attached hydrogen (secondary N) is 1. The molecule has 5 aromatic rings. The summed E-state index contributed by atoms with van der Waals surface area (Å²) in [5, 5.41) is 12.8. The van der Waals surface area contributed by atoms with Crippen molar-refractivity contribution in [3.63, 3.8) is 0 Å². The maximum atomic E-state index is 9.73. The Labute approximate surface area is 220 Å². The Morgan fingerprint density at radius 3 is 2.71 bits per heavy atom. The van der Waals surface area contributed by atoms with E-state index >= 15 is 0 Å². The Balaban J connectivity index is 1.39. The third kappa shape index (κ3) is 5.14. The molecule has 0 saturated heterocycles. The van der Waals surface area contributed by atoms with Crippen molar-refractivity contribution in [3.8, 4) is 17.6 Å². The second kappa shape index (κ2) is 10.4. The molecule has 0 spiro atoms. The number of hydrogen-bond donors (Lipinski definition) is 1. The first-order valence-electron chi connectivity index (χ1n) is 10.9. The second-order valence-corrected chi connectivity index (χ2v) is 9.94. The fraction of sp³-hybridized carbons (Fsp3) is 0.0714. The van der Waals surface area contributed by atoms with Gasteiger partial charge in [0.25, 0.3) is 0 Å². The van der Waals surface area contributed by atoms with Crippen LogP contribution in [0.3, 0.4) is 0 Å². The van der Waals surface area contributed by atoms with E-state index in [9.17, 15) is 5.26 Å². The number of thioether (sulfide) groups is 1. The van der Waals surface area contributed by atoms with Crippen LogP contribution in [-0.2, 0) is 6.61 Å². The van der Waals surface area contributed by atoms with Gasteiger partial charge in [-0.2, -0.15) is 5.26 Å². The third-order valence-corrected chi connectivity index (χ3v) is 7.10. The van der Waals surface area contributed by atoms with E-state index in [0.29, 0.717) is 28.2 Å². The normalized spacial score (nSPS) is 11.5. The van der Waals surface area contributed by atoms with Crippen LogP contribution >= 0.6 is 34.4 Å². The van der Waals surface area contributed by atoms with Gasteiger partial charge in [-0.1, -0.05) is 54.6 Å². The molecule has 0 fully saturated rings. The number of nitrogens with zero attached hydrogens (tertiary/aromatic N) is 2. The quantitative estimate of drug-likeness (QED) is 0.121. The number of methoxy groups -OCH3 is 1. The molecule has 4 aromatic carbocycles. The topological polar surface area (TPSA) is 70.9 Å². The van der Waals surface area contributed by atoms with Gasteiger partial charge < -0.3 is 14.5 Å². The Kier molecular flexibility index (Phi) is 6.93. The van der Waals surface area contributed by atoms with Gasteiger partial charge in [-0.3, -0.25) is 0 Å². The van der Waals surface area contributed by atoms with E-state index in [2.05, 4.69) is 62.9 Å². The van der Waals surface area contributed by atoms with Gasteiger partial charge in [0.05, 0.1) is 26.6 Å².